The van der Waals surface area contributed by atoms with Gasteiger partial charge in [0.05, 0.1) is 19.1 Å². The fourth-order valence-corrected chi connectivity index (χ4v) is 5.80. The van der Waals surface area contributed by atoms with Crippen LogP contribution in [0.15, 0.2) is 35.7 Å². The molecule has 0 radical (unpaired) electrons. The molecule has 1 aromatic heterocycles. The van der Waals surface area contributed by atoms with E-state index in [-0.39, 0.29) is 23.5 Å². The number of benzene rings is 1. The van der Waals surface area contributed by atoms with Gasteiger partial charge < -0.3 is 15.0 Å². The van der Waals surface area contributed by atoms with Gasteiger partial charge in [-0.25, -0.2) is 0 Å². The summed E-state index contributed by atoms with van der Waals surface area (Å²) in [5, 5.41) is 5.10. The predicted octanol–water partition coefficient (Wildman–Crippen LogP) is 3.01. The summed E-state index contributed by atoms with van der Waals surface area (Å²) >= 11 is 1.78. The first-order valence-electron chi connectivity index (χ1n) is 9.55. The highest BCUT2D eigenvalue weighted by atomic mass is 32.1. The highest BCUT2D eigenvalue weighted by molar-refractivity contribution is 7.10. The third-order valence-corrected chi connectivity index (χ3v) is 7.24. The van der Waals surface area contributed by atoms with E-state index in [0.717, 1.165) is 31.4 Å². The molecule has 27 heavy (non-hydrogen) atoms. The maximum atomic E-state index is 12.9. The summed E-state index contributed by atoms with van der Waals surface area (Å²) in [6.45, 7) is 2.18. The van der Waals surface area contributed by atoms with Crippen LogP contribution in [-0.4, -0.2) is 36.4 Å². The molecule has 5 rings (SSSR count). The smallest absolute Gasteiger partial charge is 0.252 e. The standard InChI is InChI=1S/C21H22N2O3S/c24-18(13-17-15-3-1-2-4-16(15)20(25)22-17)23-9-7-21(8-10-23)19-14(5-11-26-21)6-12-27-19/h1-4,6,12,17H,5,7-11,13H2,(H,22,25). The molecule has 6 heteroatoms. The van der Waals surface area contributed by atoms with Crippen molar-refractivity contribution in [2.75, 3.05) is 19.7 Å². The van der Waals surface area contributed by atoms with Crippen LogP contribution in [0, 0.1) is 0 Å². The van der Waals surface area contributed by atoms with E-state index in [1.165, 1.54) is 10.4 Å². The number of carbonyl (C=O) groups excluding carboxylic acids is 2. The summed E-state index contributed by atoms with van der Waals surface area (Å²) in [5.74, 6) is 0.0240. The van der Waals surface area contributed by atoms with Crippen molar-refractivity contribution in [3.05, 3.63) is 57.3 Å². The van der Waals surface area contributed by atoms with Gasteiger partial charge >= 0.3 is 0 Å². The molecule has 1 N–H and O–H groups in total. The monoisotopic (exact) mass is 382 g/mol. The van der Waals surface area contributed by atoms with Gasteiger partial charge in [0.25, 0.3) is 5.91 Å². The molecule has 2 amide bonds. The van der Waals surface area contributed by atoms with Crippen molar-refractivity contribution in [3.63, 3.8) is 0 Å². The lowest BCUT2D eigenvalue weighted by Crippen LogP contribution is -2.48. The Kier molecular flexibility index (Phi) is 4.06. The molecule has 0 saturated carbocycles. The van der Waals surface area contributed by atoms with Crippen molar-refractivity contribution < 1.29 is 14.3 Å². The van der Waals surface area contributed by atoms with E-state index < -0.39 is 0 Å². The zero-order valence-electron chi connectivity index (χ0n) is 15.1. The van der Waals surface area contributed by atoms with E-state index in [0.29, 0.717) is 25.1 Å². The number of likely N-dealkylation sites (tertiary alicyclic amines) is 1. The van der Waals surface area contributed by atoms with E-state index in [4.69, 9.17) is 4.74 Å². The average Bonchev–Trinajstić information content (AvgIpc) is 3.29. The Balaban J connectivity index is 1.26. The number of rotatable bonds is 2. The van der Waals surface area contributed by atoms with Crippen LogP contribution in [0.4, 0.5) is 0 Å². The SMILES string of the molecule is O=C1NC(CC(=O)N2CCC3(CC2)OCCc2ccsc23)c2ccccc21. The second-order valence-corrected chi connectivity index (χ2v) is 8.48. The fraction of sp³-hybridized carbons (Fsp3) is 0.429. The third-order valence-electron chi connectivity index (χ3n) is 6.10. The minimum atomic E-state index is -0.216. The van der Waals surface area contributed by atoms with Crippen LogP contribution < -0.4 is 5.32 Å². The highest BCUT2D eigenvalue weighted by Crippen LogP contribution is 2.44. The molecule has 2 aromatic rings. The van der Waals surface area contributed by atoms with Gasteiger partial charge in [-0.1, -0.05) is 18.2 Å². The van der Waals surface area contributed by atoms with Crippen LogP contribution in [0.1, 0.15) is 51.7 Å². The van der Waals surface area contributed by atoms with Crippen molar-refractivity contribution in [2.45, 2.75) is 37.3 Å². The Morgan fingerprint density at radius 3 is 2.93 bits per heavy atom. The molecule has 3 aliphatic rings. The minimum Gasteiger partial charge on any atom is -0.369 e. The van der Waals surface area contributed by atoms with Gasteiger partial charge in [-0.05, 0) is 47.9 Å². The lowest BCUT2D eigenvalue weighted by atomic mass is 9.85. The number of ether oxygens (including phenoxy) is 1. The van der Waals surface area contributed by atoms with Crippen LogP contribution in [0.2, 0.25) is 0 Å². The molecular formula is C21H22N2O3S. The molecule has 0 bridgehead atoms. The maximum absolute atomic E-state index is 12.9. The van der Waals surface area contributed by atoms with E-state index in [2.05, 4.69) is 16.8 Å². The second kappa shape index (κ2) is 6.46. The third kappa shape index (κ3) is 2.78. The number of hydrogen-bond acceptors (Lipinski definition) is 4. The summed E-state index contributed by atoms with van der Waals surface area (Å²) in [7, 11) is 0. The van der Waals surface area contributed by atoms with E-state index >= 15 is 0 Å². The number of hydrogen-bond donors (Lipinski definition) is 1. The molecule has 1 spiro atoms. The fourth-order valence-electron chi connectivity index (χ4n) is 4.63. The number of carbonyl (C=O) groups is 2. The van der Waals surface area contributed by atoms with Crippen molar-refractivity contribution >= 4 is 23.2 Å². The number of thiophene rings is 1. The van der Waals surface area contributed by atoms with E-state index in [9.17, 15) is 9.59 Å². The molecule has 1 fully saturated rings. The van der Waals surface area contributed by atoms with Crippen LogP contribution in [0.25, 0.3) is 0 Å². The van der Waals surface area contributed by atoms with Crippen LogP contribution in [-0.2, 0) is 21.6 Å². The highest BCUT2D eigenvalue weighted by Gasteiger charge is 2.43. The molecule has 5 nitrogen and oxygen atoms in total. The van der Waals surface area contributed by atoms with E-state index in [1.54, 1.807) is 11.3 Å². The van der Waals surface area contributed by atoms with Crippen LogP contribution in [0.3, 0.4) is 0 Å². The Morgan fingerprint density at radius 1 is 1.26 bits per heavy atom. The topological polar surface area (TPSA) is 58.6 Å². The van der Waals surface area contributed by atoms with Crippen molar-refractivity contribution in [3.8, 4) is 0 Å². The lowest BCUT2D eigenvalue weighted by Gasteiger charge is -2.43. The van der Waals surface area contributed by atoms with Gasteiger partial charge in [-0.2, -0.15) is 0 Å². The molecule has 1 atom stereocenters. The molecule has 1 saturated heterocycles. The molecule has 0 aliphatic carbocycles. The summed E-state index contributed by atoms with van der Waals surface area (Å²) < 4.78 is 6.23. The van der Waals surface area contributed by atoms with Crippen molar-refractivity contribution in [2.24, 2.45) is 0 Å². The number of amides is 2. The number of nitrogens with one attached hydrogen (secondary N) is 1. The zero-order valence-corrected chi connectivity index (χ0v) is 15.9. The second-order valence-electron chi connectivity index (χ2n) is 7.57. The van der Waals surface area contributed by atoms with Crippen LogP contribution in [0.5, 0.6) is 0 Å². The summed E-state index contributed by atoms with van der Waals surface area (Å²) in [6, 6.07) is 9.52. The van der Waals surface area contributed by atoms with Gasteiger partial charge in [0.2, 0.25) is 5.91 Å². The lowest BCUT2D eigenvalue weighted by molar-refractivity contribution is -0.140. The van der Waals surface area contributed by atoms with Gasteiger partial charge in [-0.3, -0.25) is 9.59 Å². The van der Waals surface area contributed by atoms with Gasteiger partial charge in [0.15, 0.2) is 0 Å². The Hall–Kier alpha value is -2.18. The van der Waals surface area contributed by atoms with Crippen molar-refractivity contribution in [1.82, 2.24) is 10.2 Å². The zero-order chi connectivity index (χ0) is 18.4. The van der Waals surface area contributed by atoms with Crippen molar-refractivity contribution in [1.29, 1.82) is 0 Å². The minimum absolute atomic E-state index is 0.0816. The molecule has 1 aromatic carbocycles. The van der Waals surface area contributed by atoms with Gasteiger partial charge in [-0.15, -0.1) is 11.3 Å². The number of fused-ring (bicyclic) bond motifs is 3. The largest absolute Gasteiger partial charge is 0.369 e. The normalized spacial score (nSPS) is 23.0. The Bertz CT molecular complexity index is 898. The van der Waals surface area contributed by atoms with E-state index in [1.807, 2.05) is 29.2 Å². The quantitative estimate of drug-likeness (QED) is 0.869. The Labute approximate surface area is 162 Å². The first-order valence-corrected chi connectivity index (χ1v) is 10.4. The first kappa shape index (κ1) is 17.0. The molecule has 140 valence electrons. The van der Waals surface area contributed by atoms with Crippen LogP contribution >= 0.6 is 11.3 Å². The Morgan fingerprint density at radius 2 is 2.07 bits per heavy atom. The molecular weight excluding hydrogens is 360 g/mol. The average molecular weight is 382 g/mol. The summed E-state index contributed by atoms with van der Waals surface area (Å²) in [5.41, 5.74) is 2.83. The predicted molar refractivity (Wildman–Crippen MR) is 103 cm³/mol. The van der Waals surface area contributed by atoms with Gasteiger partial charge in [0, 0.05) is 23.5 Å². The molecule has 4 heterocycles. The van der Waals surface area contributed by atoms with Gasteiger partial charge in [0.1, 0.15) is 5.60 Å². The summed E-state index contributed by atoms with van der Waals surface area (Å²) in [4.78, 5) is 28.2. The number of piperidine rings is 1. The number of nitrogens with zero attached hydrogens (tertiary/aromatic N) is 1. The first-order chi connectivity index (χ1) is 13.2. The molecule has 1 unspecified atom stereocenters. The maximum Gasteiger partial charge on any atom is 0.252 e. The summed E-state index contributed by atoms with van der Waals surface area (Å²) in [6.07, 6.45) is 3.00. The molecule has 3 aliphatic heterocycles.